The number of para-hydroxylation sites is 1. The number of furan rings is 1. The van der Waals surface area contributed by atoms with Gasteiger partial charge in [-0.05, 0) is 37.1 Å². The maximum Gasteiger partial charge on any atom is 0.345 e. The average molecular weight is 500 g/mol. The monoisotopic (exact) mass is 499 g/mol. The molecule has 1 aliphatic rings. The van der Waals surface area contributed by atoms with Crippen LogP contribution in [0.2, 0.25) is 0 Å². The first-order valence-electron chi connectivity index (χ1n) is 12.5. The van der Waals surface area contributed by atoms with E-state index in [1.807, 2.05) is 59.5 Å². The number of aryl methyl sites for hydroxylation is 2. The number of benzene rings is 2. The molecule has 0 bridgehead atoms. The van der Waals surface area contributed by atoms with Crippen LogP contribution in [0.4, 0.5) is 5.69 Å². The molecule has 190 valence electrons. The van der Waals surface area contributed by atoms with Crippen LogP contribution in [0.3, 0.4) is 0 Å². The van der Waals surface area contributed by atoms with Crippen LogP contribution in [0.25, 0.3) is 10.9 Å². The summed E-state index contributed by atoms with van der Waals surface area (Å²) in [6, 6.07) is 20.9. The van der Waals surface area contributed by atoms with E-state index in [0.717, 1.165) is 16.5 Å². The second-order valence-electron chi connectivity index (χ2n) is 8.91. The Hall–Kier alpha value is -4.33. The maximum absolute atomic E-state index is 13.9. The molecule has 0 radical (unpaired) electrons. The Morgan fingerprint density at radius 1 is 0.919 bits per heavy atom. The van der Waals surface area contributed by atoms with Crippen molar-refractivity contribution < 1.29 is 18.7 Å². The molecule has 2 aromatic carbocycles. The second-order valence-corrected chi connectivity index (χ2v) is 8.91. The van der Waals surface area contributed by atoms with E-state index in [2.05, 4.69) is 0 Å². The van der Waals surface area contributed by atoms with E-state index in [4.69, 9.17) is 9.15 Å². The highest BCUT2D eigenvalue weighted by molar-refractivity contribution is 6.05. The first-order valence-corrected chi connectivity index (χ1v) is 12.5. The van der Waals surface area contributed by atoms with E-state index >= 15 is 0 Å². The molecule has 0 aliphatic carbocycles. The number of amides is 1. The molecule has 4 aromatic rings. The van der Waals surface area contributed by atoms with Gasteiger partial charge in [0.05, 0.1) is 24.1 Å². The third-order valence-electron chi connectivity index (χ3n) is 6.71. The molecule has 0 saturated carbocycles. The topological polar surface area (TPSA) is 85.0 Å². The highest BCUT2D eigenvalue weighted by Gasteiger charge is 2.30. The molecule has 8 heteroatoms. The second kappa shape index (κ2) is 10.7. The van der Waals surface area contributed by atoms with Gasteiger partial charge in [-0.15, -0.1) is 0 Å². The van der Waals surface area contributed by atoms with Crippen molar-refractivity contribution >= 4 is 28.5 Å². The summed E-state index contributed by atoms with van der Waals surface area (Å²) in [5, 5.41) is 0.809. The van der Waals surface area contributed by atoms with E-state index in [1.165, 1.54) is 6.26 Å². The molecule has 1 fully saturated rings. The number of piperazine rings is 1. The number of hydrogen-bond donors (Lipinski definition) is 0. The van der Waals surface area contributed by atoms with Crippen molar-refractivity contribution in [2.45, 2.75) is 19.9 Å². The predicted octanol–water partition coefficient (Wildman–Crippen LogP) is 3.98. The Labute approximate surface area is 214 Å². The minimum atomic E-state index is -0.629. The number of ether oxygens (including phenoxy) is 1. The zero-order valence-electron chi connectivity index (χ0n) is 20.8. The van der Waals surface area contributed by atoms with Crippen molar-refractivity contribution in [3.05, 3.63) is 100 Å². The Bertz CT molecular complexity index is 1450. The zero-order chi connectivity index (χ0) is 25.8. The molecule has 5 rings (SSSR count). The van der Waals surface area contributed by atoms with Gasteiger partial charge < -0.3 is 23.5 Å². The van der Waals surface area contributed by atoms with Gasteiger partial charge in [-0.2, -0.15) is 0 Å². The van der Waals surface area contributed by atoms with Gasteiger partial charge >= 0.3 is 5.97 Å². The zero-order valence-corrected chi connectivity index (χ0v) is 20.8. The minimum absolute atomic E-state index is 0.0411. The van der Waals surface area contributed by atoms with Gasteiger partial charge in [0, 0.05) is 38.1 Å². The normalized spacial score (nSPS) is 13.6. The van der Waals surface area contributed by atoms with Gasteiger partial charge in [0.15, 0.2) is 5.76 Å². The molecular weight excluding hydrogens is 470 g/mol. The van der Waals surface area contributed by atoms with E-state index in [9.17, 15) is 14.4 Å². The van der Waals surface area contributed by atoms with Crippen molar-refractivity contribution in [1.82, 2.24) is 9.47 Å². The average Bonchev–Trinajstić information content (AvgIpc) is 3.47. The molecule has 2 aromatic heterocycles. The molecule has 8 nitrogen and oxygen atoms in total. The largest absolute Gasteiger partial charge is 0.462 e. The molecule has 0 atom stereocenters. The lowest BCUT2D eigenvalue weighted by Crippen LogP contribution is -2.49. The fraction of sp³-hybridized carbons (Fsp3) is 0.276. The van der Waals surface area contributed by atoms with Crippen LogP contribution in [-0.4, -0.2) is 54.1 Å². The predicted molar refractivity (Wildman–Crippen MR) is 141 cm³/mol. The van der Waals surface area contributed by atoms with Crippen molar-refractivity contribution in [2.24, 2.45) is 0 Å². The summed E-state index contributed by atoms with van der Waals surface area (Å²) in [4.78, 5) is 43.6. The fourth-order valence-electron chi connectivity index (χ4n) is 4.90. The molecule has 1 aliphatic heterocycles. The van der Waals surface area contributed by atoms with Gasteiger partial charge in [0.25, 0.3) is 11.5 Å². The first kappa shape index (κ1) is 24.4. The highest BCUT2D eigenvalue weighted by atomic mass is 16.5. The van der Waals surface area contributed by atoms with Gasteiger partial charge in [-0.1, -0.05) is 48.5 Å². The van der Waals surface area contributed by atoms with Crippen LogP contribution in [0, 0.1) is 0 Å². The molecule has 0 spiro atoms. The number of hydrogen-bond acceptors (Lipinski definition) is 6. The summed E-state index contributed by atoms with van der Waals surface area (Å²) < 4.78 is 12.3. The van der Waals surface area contributed by atoms with Gasteiger partial charge in [-0.3, -0.25) is 9.59 Å². The molecule has 1 saturated heterocycles. The van der Waals surface area contributed by atoms with Crippen LogP contribution in [0.1, 0.15) is 33.4 Å². The van der Waals surface area contributed by atoms with Crippen LogP contribution < -0.4 is 10.5 Å². The maximum atomic E-state index is 13.9. The lowest BCUT2D eigenvalue weighted by atomic mass is 10.0. The van der Waals surface area contributed by atoms with E-state index in [1.54, 1.807) is 28.5 Å². The SMILES string of the molecule is CCOC(=O)c1c(N2CCN(C(=O)c3ccco3)CC2)c2ccccc2n(CCc2ccccc2)c1=O. The van der Waals surface area contributed by atoms with Crippen molar-refractivity contribution in [2.75, 3.05) is 37.7 Å². The summed E-state index contributed by atoms with van der Waals surface area (Å²) in [5.74, 6) is -0.501. The quantitative estimate of drug-likeness (QED) is 0.358. The van der Waals surface area contributed by atoms with E-state index in [-0.39, 0.29) is 23.6 Å². The van der Waals surface area contributed by atoms with Gasteiger partial charge in [0.2, 0.25) is 0 Å². The Kier molecular flexibility index (Phi) is 7.07. The van der Waals surface area contributed by atoms with Crippen LogP contribution in [0.15, 0.2) is 82.2 Å². The molecule has 3 heterocycles. The standard InChI is InChI=1S/C29H29N3O5/c1-2-36-29(35)25-26(30-16-18-31(19-17-30)27(33)24-13-8-20-37-24)22-11-6-7-12-23(22)32(28(25)34)15-14-21-9-4-3-5-10-21/h3-13,20H,2,14-19H2,1H3. The number of fused-ring (bicyclic) bond motifs is 1. The number of anilines is 1. The molecule has 37 heavy (non-hydrogen) atoms. The number of carbonyl (C=O) groups excluding carboxylic acids is 2. The smallest absolute Gasteiger partial charge is 0.345 e. The number of nitrogens with zero attached hydrogens (tertiary/aromatic N) is 3. The van der Waals surface area contributed by atoms with Crippen LogP contribution >= 0.6 is 0 Å². The summed E-state index contributed by atoms with van der Waals surface area (Å²) in [6.07, 6.45) is 2.13. The van der Waals surface area contributed by atoms with Gasteiger partial charge in [-0.25, -0.2) is 4.79 Å². The minimum Gasteiger partial charge on any atom is -0.462 e. The molecule has 0 unspecified atom stereocenters. The lowest BCUT2D eigenvalue weighted by Gasteiger charge is -2.37. The molecule has 0 N–H and O–H groups in total. The number of esters is 1. The number of rotatable bonds is 7. The number of pyridine rings is 1. The summed E-state index contributed by atoms with van der Waals surface area (Å²) >= 11 is 0. The third kappa shape index (κ3) is 4.87. The Morgan fingerprint density at radius 3 is 2.35 bits per heavy atom. The Balaban J connectivity index is 1.53. The van der Waals surface area contributed by atoms with Crippen molar-refractivity contribution in [3.8, 4) is 0 Å². The third-order valence-corrected chi connectivity index (χ3v) is 6.71. The van der Waals surface area contributed by atoms with Crippen molar-refractivity contribution in [1.29, 1.82) is 0 Å². The lowest BCUT2D eigenvalue weighted by molar-refractivity contribution is 0.0523. The summed E-state index contributed by atoms with van der Waals surface area (Å²) in [5.41, 5.74) is 2.12. The molecule has 1 amide bonds. The summed E-state index contributed by atoms with van der Waals surface area (Å²) in [7, 11) is 0. The first-order chi connectivity index (χ1) is 18.1. The van der Waals surface area contributed by atoms with Crippen molar-refractivity contribution in [3.63, 3.8) is 0 Å². The fourth-order valence-corrected chi connectivity index (χ4v) is 4.90. The number of carbonyl (C=O) groups is 2. The highest BCUT2D eigenvalue weighted by Crippen LogP contribution is 2.31. The summed E-state index contributed by atoms with van der Waals surface area (Å²) in [6.45, 7) is 4.14. The number of aromatic nitrogens is 1. The van der Waals surface area contributed by atoms with E-state index < -0.39 is 5.97 Å². The van der Waals surface area contributed by atoms with Crippen LogP contribution in [0.5, 0.6) is 0 Å². The Morgan fingerprint density at radius 2 is 1.65 bits per heavy atom. The molecular formula is C29H29N3O5. The van der Waals surface area contributed by atoms with E-state index in [0.29, 0.717) is 50.6 Å². The van der Waals surface area contributed by atoms with Crippen LogP contribution in [-0.2, 0) is 17.7 Å². The van der Waals surface area contributed by atoms with Gasteiger partial charge in [0.1, 0.15) is 5.56 Å².